The standard InChI is InChI=1S/C23H27NO3/c1-24(22(26)27-18-19-8-4-2-5-9-19)21-12-14-23(15-13-21,16-17-25)20-10-6-3-7-11-20/h2-11,17,21H,12-16,18H2,1H3. The van der Waals surface area contributed by atoms with Crippen molar-refractivity contribution in [3.05, 3.63) is 71.8 Å². The van der Waals surface area contributed by atoms with E-state index in [1.54, 1.807) is 4.90 Å². The molecule has 0 aromatic heterocycles. The predicted molar refractivity (Wildman–Crippen MR) is 105 cm³/mol. The molecule has 0 aliphatic heterocycles. The summed E-state index contributed by atoms with van der Waals surface area (Å²) in [7, 11) is 1.81. The van der Waals surface area contributed by atoms with Gasteiger partial charge in [-0.15, -0.1) is 0 Å². The van der Waals surface area contributed by atoms with Crippen LogP contribution in [0.3, 0.4) is 0 Å². The van der Waals surface area contributed by atoms with Gasteiger partial charge in [0.25, 0.3) is 0 Å². The SMILES string of the molecule is CN(C(=O)OCc1ccccc1)C1CCC(CC=O)(c2ccccc2)CC1. The van der Waals surface area contributed by atoms with Crippen molar-refractivity contribution in [1.29, 1.82) is 0 Å². The van der Waals surface area contributed by atoms with Crippen molar-refractivity contribution in [3.8, 4) is 0 Å². The molecular weight excluding hydrogens is 338 g/mol. The third kappa shape index (κ3) is 4.57. The number of amides is 1. The predicted octanol–water partition coefficient (Wildman–Crippen LogP) is 4.72. The Balaban J connectivity index is 1.58. The van der Waals surface area contributed by atoms with E-state index in [1.165, 1.54) is 5.56 Å². The molecule has 0 heterocycles. The minimum Gasteiger partial charge on any atom is -0.445 e. The van der Waals surface area contributed by atoms with Crippen molar-refractivity contribution >= 4 is 12.4 Å². The monoisotopic (exact) mass is 365 g/mol. The van der Waals surface area contributed by atoms with Crippen LogP contribution in [0.5, 0.6) is 0 Å². The second-order valence-electron chi connectivity index (χ2n) is 7.40. The number of aldehydes is 1. The highest BCUT2D eigenvalue weighted by atomic mass is 16.6. The summed E-state index contributed by atoms with van der Waals surface area (Å²) in [5.41, 5.74) is 2.11. The van der Waals surface area contributed by atoms with Crippen LogP contribution in [0.25, 0.3) is 0 Å². The van der Waals surface area contributed by atoms with Gasteiger partial charge in [-0.1, -0.05) is 60.7 Å². The van der Waals surface area contributed by atoms with Gasteiger partial charge < -0.3 is 14.4 Å². The molecule has 1 amide bonds. The molecule has 27 heavy (non-hydrogen) atoms. The van der Waals surface area contributed by atoms with Gasteiger partial charge in [-0.05, 0) is 36.8 Å². The molecule has 4 heteroatoms. The third-order valence-electron chi connectivity index (χ3n) is 5.81. The molecule has 0 atom stereocenters. The molecule has 2 aromatic rings. The smallest absolute Gasteiger partial charge is 0.410 e. The van der Waals surface area contributed by atoms with E-state index in [-0.39, 0.29) is 24.2 Å². The fraction of sp³-hybridized carbons (Fsp3) is 0.391. The van der Waals surface area contributed by atoms with E-state index in [1.807, 2.05) is 55.6 Å². The number of nitrogens with zero attached hydrogens (tertiary/aromatic N) is 1. The zero-order valence-electron chi connectivity index (χ0n) is 15.8. The Bertz CT molecular complexity index is 737. The molecule has 0 N–H and O–H groups in total. The largest absolute Gasteiger partial charge is 0.445 e. The summed E-state index contributed by atoms with van der Waals surface area (Å²) < 4.78 is 5.46. The Hall–Kier alpha value is -2.62. The molecule has 1 aliphatic carbocycles. The van der Waals surface area contributed by atoms with Crippen molar-refractivity contribution < 1.29 is 14.3 Å². The molecule has 0 unspecified atom stereocenters. The van der Waals surface area contributed by atoms with Crippen LogP contribution in [0, 0.1) is 0 Å². The molecule has 1 aliphatic rings. The molecule has 2 aromatic carbocycles. The highest BCUT2D eigenvalue weighted by molar-refractivity contribution is 5.67. The van der Waals surface area contributed by atoms with Gasteiger partial charge in [-0.2, -0.15) is 0 Å². The number of ether oxygens (including phenoxy) is 1. The number of hydrogen-bond donors (Lipinski definition) is 0. The van der Waals surface area contributed by atoms with E-state index in [4.69, 9.17) is 4.74 Å². The van der Waals surface area contributed by atoms with Gasteiger partial charge in [0.15, 0.2) is 0 Å². The van der Waals surface area contributed by atoms with Crippen molar-refractivity contribution in [2.24, 2.45) is 0 Å². The average molecular weight is 365 g/mol. The molecule has 0 bridgehead atoms. The molecule has 0 radical (unpaired) electrons. The van der Waals surface area contributed by atoms with Gasteiger partial charge in [0.1, 0.15) is 12.9 Å². The lowest BCUT2D eigenvalue weighted by molar-refractivity contribution is -0.109. The van der Waals surface area contributed by atoms with Gasteiger partial charge in [0.2, 0.25) is 0 Å². The number of rotatable bonds is 6. The second-order valence-corrected chi connectivity index (χ2v) is 7.40. The molecule has 0 spiro atoms. The minimum atomic E-state index is -0.286. The lowest BCUT2D eigenvalue weighted by Crippen LogP contribution is -2.43. The summed E-state index contributed by atoms with van der Waals surface area (Å²) >= 11 is 0. The molecule has 0 saturated heterocycles. The van der Waals surface area contributed by atoms with Crippen molar-refractivity contribution in [1.82, 2.24) is 4.90 Å². The van der Waals surface area contributed by atoms with Crippen LogP contribution in [0.1, 0.15) is 43.2 Å². The number of hydrogen-bond acceptors (Lipinski definition) is 3. The Morgan fingerprint density at radius 1 is 1.07 bits per heavy atom. The normalized spacial score (nSPS) is 22.0. The van der Waals surface area contributed by atoms with Gasteiger partial charge >= 0.3 is 6.09 Å². The Labute approximate surface area is 161 Å². The van der Waals surface area contributed by atoms with Crippen LogP contribution in [0.4, 0.5) is 4.79 Å². The molecule has 142 valence electrons. The molecular formula is C23H27NO3. The first-order chi connectivity index (χ1) is 13.1. The molecule has 1 fully saturated rings. The van der Waals surface area contributed by atoms with Crippen LogP contribution in [-0.2, 0) is 21.6 Å². The fourth-order valence-electron chi connectivity index (χ4n) is 4.07. The van der Waals surface area contributed by atoms with E-state index in [0.717, 1.165) is 37.5 Å². The third-order valence-corrected chi connectivity index (χ3v) is 5.81. The van der Waals surface area contributed by atoms with Crippen LogP contribution < -0.4 is 0 Å². The highest BCUT2D eigenvalue weighted by Gasteiger charge is 2.38. The van der Waals surface area contributed by atoms with Crippen molar-refractivity contribution in [2.45, 2.75) is 50.2 Å². The van der Waals surface area contributed by atoms with Crippen molar-refractivity contribution in [2.75, 3.05) is 7.05 Å². The average Bonchev–Trinajstić information content (AvgIpc) is 2.73. The number of benzene rings is 2. The van der Waals surface area contributed by atoms with Gasteiger partial charge in [0.05, 0.1) is 0 Å². The minimum absolute atomic E-state index is 0.103. The highest BCUT2D eigenvalue weighted by Crippen LogP contribution is 2.42. The van der Waals surface area contributed by atoms with E-state index >= 15 is 0 Å². The maximum Gasteiger partial charge on any atom is 0.410 e. The summed E-state index contributed by atoms with van der Waals surface area (Å²) in [6.45, 7) is 0.288. The second kappa shape index (κ2) is 8.85. The number of carbonyl (C=O) groups excluding carboxylic acids is 2. The quantitative estimate of drug-likeness (QED) is 0.696. The zero-order chi connectivity index (χ0) is 19.1. The Morgan fingerprint density at radius 2 is 1.67 bits per heavy atom. The maximum absolute atomic E-state index is 12.4. The van der Waals surface area contributed by atoms with Gasteiger partial charge in [0, 0.05) is 24.9 Å². The first kappa shape index (κ1) is 19.2. The van der Waals surface area contributed by atoms with Crippen LogP contribution in [0.15, 0.2) is 60.7 Å². The molecule has 3 rings (SSSR count). The Kier molecular flexibility index (Phi) is 6.28. The van der Waals surface area contributed by atoms with E-state index in [9.17, 15) is 9.59 Å². The zero-order valence-corrected chi connectivity index (χ0v) is 15.8. The van der Waals surface area contributed by atoms with Crippen LogP contribution in [-0.4, -0.2) is 30.4 Å². The summed E-state index contributed by atoms with van der Waals surface area (Å²) in [4.78, 5) is 25.5. The summed E-state index contributed by atoms with van der Waals surface area (Å²) in [5.74, 6) is 0. The van der Waals surface area contributed by atoms with E-state index in [0.29, 0.717) is 6.42 Å². The Morgan fingerprint density at radius 3 is 2.26 bits per heavy atom. The van der Waals surface area contributed by atoms with Gasteiger partial charge in [-0.25, -0.2) is 4.79 Å². The maximum atomic E-state index is 12.4. The summed E-state index contributed by atoms with van der Waals surface area (Å²) in [5, 5.41) is 0. The number of carbonyl (C=O) groups is 2. The van der Waals surface area contributed by atoms with E-state index in [2.05, 4.69) is 12.1 Å². The lowest BCUT2D eigenvalue weighted by atomic mass is 9.66. The fourth-order valence-corrected chi connectivity index (χ4v) is 4.07. The van der Waals surface area contributed by atoms with Gasteiger partial charge in [-0.3, -0.25) is 0 Å². The van der Waals surface area contributed by atoms with Crippen LogP contribution >= 0.6 is 0 Å². The summed E-state index contributed by atoms with van der Waals surface area (Å²) in [6, 6.07) is 20.1. The first-order valence-corrected chi connectivity index (χ1v) is 9.57. The molecule has 1 saturated carbocycles. The summed E-state index contributed by atoms with van der Waals surface area (Å²) in [6.07, 6.45) is 4.83. The van der Waals surface area contributed by atoms with E-state index < -0.39 is 0 Å². The molecule has 4 nitrogen and oxygen atoms in total. The topological polar surface area (TPSA) is 46.6 Å². The van der Waals surface area contributed by atoms with Crippen LogP contribution in [0.2, 0.25) is 0 Å². The van der Waals surface area contributed by atoms with Crippen molar-refractivity contribution in [3.63, 3.8) is 0 Å². The lowest BCUT2D eigenvalue weighted by Gasteiger charge is -2.42. The first-order valence-electron chi connectivity index (χ1n) is 9.57.